The number of hydrogen-bond donors (Lipinski definition) is 2. The largest absolute Gasteiger partial charge is 0.388 e. The highest BCUT2D eigenvalue weighted by atomic mass is 32.2. The van der Waals surface area contributed by atoms with Gasteiger partial charge in [0.25, 0.3) is 0 Å². The molecule has 0 radical (unpaired) electrons. The van der Waals surface area contributed by atoms with Crippen LogP contribution in [0.4, 0.5) is 0 Å². The Hall–Kier alpha value is -3.07. The van der Waals surface area contributed by atoms with Gasteiger partial charge in [-0.1, -0.05) is 80.9 Å². The Kier molecular flexibility index (Phi) is 8.97. The van der Waals surface area contributed by atoms with Crippen LogP contribution >= 0.6 is 0 Å². The number of carbonyl (C=O) groups excluding carboxylic acids is 1. The van der Waals surface area contributed by atoms with E-state index in [2.05, 4.69) is 4.98 Å². The summed E-state index contributed by atoms with van der Waals surface area (Å²) in [7, 11) is -4.21. The SMILES string of the molecule is CC(C)CC(C(=O)N1CCCCC(N)C(O)C1S(=O)(=O)c1ccccn1)c1cccc(-c2ccccc2)c1. The van der Waals surface area contributed by atoms with Crippen LogP contribution in [0.25, 0.3) is 11.1 Å². The summed E-state index contributed by atoms with van der Waals surface area (Å²) in [6.45, 7) is 4.30. The lowest BCUT2D eigenvalue weighted by atomic mass is 9.87. The molecule has 202 valence electrons. The number of rotatable bonds is 7. The number of sulfone groups is 1. The third-order valence-corrected chi connectivity index (χ3v) is 9.15. The van der Waals surface area contributed by atoms with Gasteiger partial charge in [0.1, 0.15) is 6.10 Å². The molecule has 4 unspecified atom stereocenters. The van der Waals surface area contributed by atoms with Crippen molar-refractivity contribution in [2.24, 2.45) is 11.7 Å². The Morgan fingerprint density at radius 1 is 1.03 bits per heavy atom. The van der Waals surface area contributed by atoms with E-state index in [-0.39, 0.29) is 23.4 Å². The molecule has 2 heterocycles. The van der Waals surface area contributed by atoms with Gasteiger partial charge in [-0.2, -0.15) is 0 Å². The number of aliphatic hydroxyl groups excluding tert-OH is 1. The Morgan fingerprint density at radius 3 is 2.42 bits per heavy atom. The maximum absolute atomic E-state index is 14.4. The first kappa shape index (κ1) is 28.0. The van der Waals surface area contributed by atoms with E-state index in [1.165, 1.54) is 17.2 Å². The maximum Gasteiger partial charge on any atom is 0.231 e. The molecule has 0 aliphatic carbocycles. The van der Waals surface area contributed by atoms with Crippen LogP contribution < -0.4 is 5.73 Å². The van der Waals surface area contributed by atoms with Crippen LogP contribution in [-0.4, -0.2) is 53.4 Å². The van der Waals surface area contributed by atoms with Crippen LogP contribution in [0.2, 0.25) is 0 Å². The first-order chi connectivity index (χ1) is 18.2. The van der Waals surface area contributed by atoms with Crippen LogP contribution in [-0.2, 0) is 14.6 Å². The van der Waals surface area contributed by atoms with Crippen molar-refractivity contribution in [2.45, 2.75) is 68.0 Å². The summed E-state index contributed by atoms with van der Waals surface area (Å²) < 4.78 is 27.7. The van der Waals surface area contributed by atoms with Gasteiger partial charge in [-0.3, -0.25) is 4.79 Å². The first-order valence-electron chi connectivity index (χ1n) is 13.2. The standard InChI is InChI=1S/C30H37N3O4S/c1-21(2)19-25(24-14-10-13-23(20-24)22-11-4-3-5-12-22)29(35)33-18-9-7-15-26(31)28(34)30(33)38(36,37)27-16-6-8-17-32-27/h3-6,8,10-14,16-17,20-21,25-26,28,30,34H,7,9,15,18-19,31H2,1-2H3. The average Bonchev–Trinajstić information content (AvgIpc) is 2.92. The molecular formula is C30H37N3O4S. The van der Waals surface area contributed by atoms with E-state index in [1.807, 2.05) is 68.4 Å². The molecule has 3 aromatic rings. The summed E-state index contributed by atoms with van der Waals surface area (Å²) in [5, 5.41) is 9.56. The van der Waals surface area contributed by atoms with Gasteiger partial charge < -0.3 is 15.7 Å². The van der Waals surface area contributed by atoms with E-state index in [0.717, 1.165) is 16.7 Å². The average molecular weight is 536 g/mol. The smallest absolute Gasteiger partial charge is 0.231 e. The number of benzene rings is 2. The second-order valence-electron chi connectivity index (χ2n) is 10.5. The fourth-order valence-corrected chi connectivity index (χ4v) is 7.04. The second-order valence-corrected chi connectivity index (χ2v) is 12.5. The van der Waals surface area contributed by atoms with E-state index in [0.29, 0.717) is 25.7 Å². The normalized spacial score (nSPS) is 21.5. The maximum atomic E-state index is 14.4. The van der Waals surface area contributed by atoms with Crippen molar-refractivity contribution < 1.29 is 18.3 Å². The van der Waals surface area contributed by atoms with Crippen molar-refractivity contribution >= 4 is 15.7 Å². The van der Waals surface area contributed by atoms with Crippen LogP contribution in [0.3, 0.4) is 0 Å². The van der Waals surface area contributed by atoms with Crippen molar-refractivity contribution in [1.82, 2.24) is 9.88 Å². The molecule has 1 aromatic heterocycles. The lowest BCUT2D eigenvalue weighted by Gasteiger charge is -2.40. The molecule has 3 N–H and O–H groups in total. The minimum atomic E-state index is -4.21. The summed E-state index contributed by atoms with van der Waals surface area (Å²) in [6, 6.07) is 21.6. The summed E-state index contributed by atoms with van der Waals surface area (Å²) >= 11 is 0. The Bertz CT molecular complexity index is 1320. The van der Waals surface area contributed by atoms with Gasteiger partial charge in [-0.15, -0.1) is 0 Å². The quantitative estimate of drug-likeness (QED) is 0.464. The van der Waals surface area contributed by atoms with E-state index in [4.69, 9.17) is 5.73 Å². The molecule has 1 saturated heterocycles. The molecule has 4 atom stereocenters. The Morgan fingerprint density at radius 2 is 1.74 bits per heavy atom. The van der Waals surface area contributed by atoms with Crippen molar-refractivity contribution in [2.75, 3.05) is 6.54 Å². The third-order valence-electron chi connectivity index (χ3n) is 7.16. The zero-order chi connectivity index (χ0) is 27.3. The van der Waals surface area contributed by atoms with Crippen LogP contribution in [0, 0.1) is 5.92 Å². The van der Waals surface area contributed by atoms with Gasteiger partial charge in [-0.05, 0) is 54.0 Å². The molecule has 0 bridgehead atoms. The first-order valence-corrected chi connectivity index (χ1v) is 14.8. The predicted molar refractivity (Wildman–Crippen MR) is 149 cm³/mol. The predicted octanol–water partition coefficient (Wildman–Crippen LogP) is 4.38. The number of amides is 1. The van der Waals surface area contributed by atoms with Gasteiger partial charge in [-0.25, -0.2) is 13.4 Å². The molecule has 1 fully saturated rings. The molecule has 1 aliphatic rings. The molecule has 1 aliphatic heterocycles. The molecular weight excluding hydrogens is 498 g/mol. The molecule has 38 heavy (non-hydrogen) atoms. The van der Waals surface area contributed by atoms with Gasteiger partial charge >= 0.3 is 0 Å². The monoisotopic (exact) mass is 535 g/mol. The number of pyridine rings is 1. The molecule has 8 heteroatoms. The van der Waals surface area contributed by atoms with Crippen LogP contribution in [0.1, 0.15) is 51.0 Å². The number of likely N-dealkylation sites (tertiary alicyclic amines) is 1. The minimum Gasteiger partial charge on any atom is -0.388 e. The molecule has 7 nitrogen and oxygen atoms in total. The molecule has 2 aromatic carbocycles. The lowest BCUT2D eigenvalue weighted by molar-refractivity contribution is -0.136. The summed E-state index contributed by atoms with van der Waals surface area (Å²) in [6.07, 6.45) is 2.25. The van der Waals surface area contributed by atoms with Gasteiger partial charge in [0, 0.05) is 18.8 Å². The number of aliphatic hydroxyl groups is 1. The fourth-order valence-electron chi connectivity index (χ4n) is 5.20. The lowest BCUT2D eigenvalue weighted by Crippen LogP contribution is -2.59. The fraction of sp³-hybridized carbons (Fsp3) is 0.400. The molecule has 0 spiro atoms. The highest BCUT2D eigenvalue weighted by Crippen LogP contribution is 2.33. The number of hydrogen-bond acceptors (Lipinski definition) is 6. The number of nitrogens with two attached hydrogens (primary N) is 1. The Labute approximate surface area is 225 Å². The van der Waals surface area contributed by atoms with Crippen molar-refractivity contribution in [3.8, 4) is 11.1 Å². The molecule has 0 saturated carbocycles. The number of aromatic nitrogens is 1. The molecule has 4 rings (SSSR count). The summed E-state index contributed by atoms with van der Waals surface area (Å²) in [4.78, 5) is 19.8. The van der Waals surface area contributed by atoms with Crippen molar-refractivity contribution in [3.05, 3.63) is 84.6 Å². The van der Waals surface area contributed by atoms with Crippen molar-refractivity contribution in [3.63, 3.8) is 0 Å². The zero-order valence-electron chi connectivity index (χ0n) is 22.0. The van der Waals surface area contributed by atoms with Crippen molar-refractivity contribution in [1.29, 1.82) is 0 Å². The van der Waals surface area contributed by atoms with Gasteiger partial charge in [0.05, 0.1) is 5.92 Å². The van der Waals surface area contributed by atoms with E-state index in [9.17, 15) is 18.3 Å². The van der Waals surface area contributed by atoms with Gasteiger partial charge in [0.15, 0.2) is 10.4 Å². The van der Waals surface area contributed by atoms with Gasteiger partial charge in [0.2, 0.25) is 15.7 Å². The second kappa shape index (κ2) is 12.2. The topological polar surface area (TPSA) is 114 Å². The molecule has 1 amide bonds. The summed E-state index contributed by atoms with van der Waals surface area (Å²) in [5.74, 6) is -0.721. The number of carbonyl (C=O) groups is 1. The number of nitrogens with zero attached hydrogens (tertiary/aromatic N) is 2. The zero-order valence-corrected chi connectivity index (χ0v) is 22.8. The highest BCUT2D eigenvalue weighted by Gasteiger charge is 2.46. The highest BCUT2D eigenvalue weighted by molar-refractivity contribution is 7.92. The van der Waals surface area contributed by atoms with Crippen LogP contribution in [0.15, 0.2) is 84.0 Å². The third kappa shape index (κ3) is 6.14. The van der Waals surface area contributed by atoms with E-state index in [1.54, 1.807) is 12.1 Å². The Balaban J connectivity index is 1.79. The summed E-state index contributed by atoms with van der Waals surface area (Å²) in [5.41, 5.74) is 9.09. The van der Waals surface area contributed by atoms with E-state index < -0.39 is 33.3 Å². The minimum absolute atomic E-state index is 0.178. The van der Waals surface area contributed by atoms with Crippen LogP contribution in [0.5, 0.6) is 0 Å². The van der Waals surface area contributed by atoms with E-state index >= 15 is 0 Å².